The molecule has 1 saturated heterocycles. The molecule has 1 aliphatic heterocycles. The molecule has 0 aromatic carbocycles. The van der Waals surface area contributed by atoms with Crippen molar-refractivity contribution in [3.8, 4) is 0 Å². The smallest absolute Gasteiger partial charge is 0.265 e. The molecule has 0 bridgehead atoms. The number of carbonyl (C=O) groups excluding carboxylic acids is 1. The molecule has 1 aliphatic rings. The number of hydrogen-bond acceptors (Lipinski definition) is 6. The van der Waals surface area contributed by atoms with E-state index in [-0.39, 0.29) is 12.0 Å². The van der Waals surface area contributed by atoms with Gasteiger partial charge in [-0.3, -0.25) is 4.79 Å². The molecule has 3 rings (SSSR count). The summed E-state index contributed by atoms with van der Waals surface area (Å²) in [7, 11) is 0. The normalized spacial score (nSPS) is 17.7. The number of thiazole rings is 1. The Labute approximate surface area is 136 Å². The highest BCUT2D eigenvalue weighted by atomic mass is 32.1. The number of amides is 1. The molecule has 0 unspecified atom stereocenters. The SMILES string of the molecule is Nc1c(C(=O)NCc2ccco2)sc(=S)n1C[C@H]1CCCO1. The maximum absolute atomic E-state index is 12.3. The van der Waals surface area contributed by atoms with E-state index in [2.05, 4.69) is 5.32 Å². The van der Waals surface area contributed by atoms with Crippen LogP contribution in [-0.2, 0) is 17.8 Å². The maximum Gasteiger partial charge on any atom is 0.265 e. The predicted molar refractivity (Wildman–Crippen MR) is 86.4 cm³/mol. The number of nitrogens with zero attached hydrogens (tertiary/aromatic N) is 1. The first-order valence-electron chi connectivity index (χ1n) is 7.06. The van der Waals surface area contributed by atoms with Crippen molar-refractivity contribution in [2.24, 2.45) is 0 Å². The Kier molecular flexibility index (Phi) is 4.60. The Morgan fingerprint density at radius 1 is 1.59 bits per heavy atom. The van der Waals surface area contributed by atoms with Crippen molar-refractivity contribution in [1.82, 2.24) is 9.88 Å². The Balaban J connectivity index is 1.70. The summed E-state index contributed by atoms with van der Waals surface area (Å²) in [5.41, 5.74) is 6.10. The average molecular weight is 339 g/mol. The molecule has 2 aromatic rings. The fourth-order valence-electron chi connectivity index (χ4n) is 2.40. The van der Waals surface area contributed by atoms with Crippen LogP contribution in [0.4, 0.5) is 5.82 Å². The lowest BCUT2D eigenvalue weighted by Gasteiger charge is -2.12. The van der Waals surface area contributed by atoms with Crippen LogP contribution in [0, 0.1) is 3.95 Å². The number of anilines is 1. The highest BCUT2D eigenvalue weighted by Crippen LogP contribution is 2.25. The minimum Gasteiger partial charge on any atom is -0.467 e. The van der Waals surface area contributed by atoms with Crippen LogP contribution in [0.1, 0.15) is 28.3 Å². The second kappa shape index (κ2) is 6.64. The number of carbonyl (C=O) groups is 1. The van der Waals surface area contributed by atoms with Gasteiger partial charge in [0.2, 0.25) is 0 Å². The van der Waals surface area contributed by atoms with Crippen molar-refractivity contribution in [2.75, 3.05) is 12.3 Å². The molecule has 118 valence electrons. The summed E-state index contributed by atoms with van der Waals surface area (Å²) in [5, 5.41) is 2.78. The molecule has 0 spiro atoms. The summed E-state index contributed by atoms with van der Waals surface area (Å²) >= 11 is 6.55. The molecule has 0 radical (unpaired) electrons. The van der Waals surface area contributed by atoms with Crippen LogP contribution in [0.5, 0.6) is 0 Å². The molecule has 1 fully saturated rings. The van der Waals surface area contributed by atoms with E-state index in [0.29, 0.717) is 33.5 Å². The van der Waals surface area contributed by atoms with Gasteiger partial charge in [-0.1, -0.05) is 11.3 Å². The largest absolute Gasteiger partial charge is 0.467 e. The lowest BCUT2D eigenvalue weighted by Crippen LogP contribution is -2.23. The van der Waals surface area contributed by atoms with Crippen molar-refractivity contribution in [1.29, 1.82) is 0 Å². The van der Waals surface area contributed by atoms with Gasteiger partial charge >= 0.3 is 0 Å². The van der Waals surface area contributed by atoms with Crippen molar-refractivity contribution < 1.29 is 13.9 Å². The molecule has 1 atom stereocenters. The first kappa shape index (κ1) is 15.3. The monoisotopic (exact) mass is 339 g/mol. The van der Waals surface area contributed by atoms with Gasteiger partial charge in [0.05, 0.1) is 25.5 Å². The number of aromatic nitrogens is 1. The zero-order valence-corrected chi connectivity index (χ0v) is 13.5. The summed E-state index contributed by atoms with van der Waals surface area (Å²) < 4.78 is 13.2. The summed E-state index contributed by atoms with van der Waals surface area (Å²) in [4.78, 5) is 12.7. The number of furan rings is 1. The third-order valence-corrected chi connectivity index (χ3v) is 5.02. The van der Waals surface area contributed by atoms with E-state index in [1.807, 2.05) is 0 Å². The number of nitrogens with one attached hydrogen (secondary N) is 1. The summed E-state index contributed by atoms with van der Waals surface area (Å²) in [6.45, 7) is 1.70. The minimum atomic E-state index is -0.240. The van der Waals surface area contributed by atoms with Crippen molar-refractivity contribution in [2.45, 2.75) is 32.0 Å². The van der Waals surface area contributed by atoms with E-state index in [9.17, 15) is 4.79 Å². The number of hydrogen-bond donors (Lipinski definition) is 2. The molecule has 8 heteroatoms. The lowest BCUT2D eigenvalue weighted by molar-refractivity contribution is 0.0944. The molecule has 6 nitrogen and oxygen atoms in total. The van der Waals surface area contributed by atoms with E-state index in [0.717, 1.165) is 19.4 Å². The third kappa shape index (κ3) is 3.23. The fraction of sp³-hybridized carbons (Fsp3) is 0.429. The first-order chi connectivity index (χ1) is 10.6. The Morgan fingerprint density at radius 3 is 3.14 bits per heavy atom. The van der Waals surface area contributed by atoms with Crippen molar-refractivity contribution >= 4 is 35.3 Å². The number of nitrogen functional groups attached to an aromatic ring is 1. The van der Waals surface area contributed by atoms with E-state index >= 15 is 0 Å². The predicted octanol–water partition coefficient (Wildman–Crippen LogP) is 2.56. The highest BCUT2D eigenvalue weighted by molar-refractivity contribution is 7.73. The molecule has 2 aromatic heterocycles. The maximum atomic E-state index is 12.3. The standard InChI is InChI=1S/C14H17N3O3S2/c15-12-11(13(18)16-7-9-3-1-5-19-9)22-14(21)17(12)8-10-4-2-6-20-10/h1,3,5,10H,2,4,6-8,15H2,(H,16,18)/t10-/m1/s1. The number of nitrogens with two attached hydrogens (primary N) is 1. The molecule has 3 heterocycles. The molecular formula is C14H17N3O3S2. The Morgan fingerprint density at radius 2 is 2.45 bits per heavy atom. The van der Waals surface area contributed by atoms with Gasteiger partial charge in [-0.05, 0) is 37.2 Å². The fourth-order valence-corrected chi connectivity index (χ4v) is 3.66. The van der Waals surface area contributed by atoms with E-state index in [4.69, 9.17) is 27.1 Å². The minimum absolute atomic E-state index is 0.127. The molecule has 3 N–H and O–H groups in total. The quantitative estimate of drug-likeness (QED) is 0.818. The summed E-state index contributed by atoms with van der Waals surface area (Å²) in [6, 6.07) is 3.58. The number of rotatable bonds is 5. The van der Waals surface area contributed by atoms with Gasteiger partial charge < -0.3 is 24.8 Å². The van der Waals surface area contributed by atoms with Crippen LogP contribution in [0.3, 0.4) is 0 Å². The van der Waals surface area contributed by atoms with Gasteiger partial charge in [0.25, 0.3) is 5.91 Å². The van der Waals surface area contributed by atoms with Crippen molar-refractivity contribution in [3.63, 3.8) is 0 Å². The van der Waals surface area contributed by atoms with Gasteiger partial charge in [-0.15, -0.1) is 0 Å². The third-order valence-electron chi connectivity index (χ3n) is 3.55. The Bertz CT molecular complexity index is 699. The lowest BCUT2D eigenvalue weighted by atomic mass is 10.2. The molecular weight excluding hydrogens is 322 g/mol. The summed E-state index contributed by atoms with van der Waals surface area (Å²) in [5.74, 6) is 0.854. The molecule has 1 amide bonds. The van der Waals surface area contributed by atoms with E-state index < -0.39 is 0 Å². The molecule has 22 heavy (non-hydrogen) atoms. The Hall–Kier alpha value is -1.64. The topological polar surface area (TPSA) is 82.4 Å². The van der Waals surface area contributed by atoms with E-state index in [1.54, 1.807) is 23.0 Å². The zero-order valence-electron chi connectivity index (χ0n) is 11.9. The van der Waals surface area contributed by atoms with Crippen LogP contribution >= 0.6 is 23.6 Å². The number of ether oxygens (including phenoxy) is 1. The van der Waals surface area contributed by atoms with Gasteiger partial charge in [0.15, 0.2) is 3.95 Å². The van der Waals surface area contributed by atoms with Gasteiger partial charge in [0, 0.05) is 6.61 Å². The zero-order chi connectivity index (χ0) is 15.5. The summed E-state index contributed by atoms with van der Waals surface area (Å²) in [6.07, 6.45) is 3.75. The van der Waals surface area contributed by atoms with Crippen LogP contribution in [0.15, 0.2) is 22.8 Å². The van der Waals surface area contributed by atoms with Crippen molar-refractivity contribution in [3.05, 3.63) is 33.0 Å². The second-order valence-corrected chi connectivity index (χ2v) is 6.73. The van der Waals surface area contributed by atoms with Gasteiger partial charge in [-0.25, -0.2) is 0 Å². The average Bonchev–Trinajstić information content (AvgIpc) is 3.23. The molecule has 0 aliphatic carbocycles. The second-order valence-electron chi connectivity index (χ2n) is 5.09. The highest BCUT2D eigenvalue weighted by Gasteiger charge is 2.21. The van der Waals surface area contributed by atoms with Crippen LogP contribution in [0.2, 0.25) is 0 Å². The molecule has 0 saturated carbocycles. The van der Waals surface area contributed by atoms with Crippen LogP contribution in [0.25, 0.3) is 0 Å². The van der Waals surface area contributed by atoms with Gasteiger partial charge in [0.1, 0.15) is 16.5 Å². The van der Waals surface area contributed by atoms with Crippen LogP contribution < -0.4 is 11.1 Å². The van der Waals surface area contributed by atoms with E-state index in [1.165, 1.54) is 11.3 Å². The van der Waals surface area contributed by atoms with Crippen LogP contribution in [-0.4, -0.2) is 23.2 Å². The van der Waals surface area contributed by atoms with Gasteiger partial charge in [-0.2, -0.15) is 0 Å². The first-order valence-corrected chi connectivity index (χ1v) is 8.29.